The van der Waals surface area contributed by atoms with Crippen molar-refractivity contribution in [1.82, 2.24) is 14.5 Å². The molecular formula is C110H75N3S. The normalized spacial score (nSPS) is 13.1. The quantitative estimate of drug-likeness (QED) is 0.135. The van der Waals surface area contributed by atoms with E-state index in [1.807, 2.05) is 0 Å². The highest BCUT2D eigenvalue weighted by molar-refractivity contribution is 7.21. The van der Waals surface area contributed by atoms with Gasteiger partial charge in [0.25, 0.3) is 0 Å². The first kappa shape index (κ1) is 67.0. The van der Waals surface area contributed by atoms with Gasteiger partial charge < -0.3 is 0 Å². The standard InChI is InChI=1S/C58H40N2.C52H35NS/c1-58(2)51-21-11-10-18-45(51)46-32-31-43(36-52(46)58)56-48-20-9-8-19-47(48)55(49-33-30-42(35-50(49)56)41-29-24-37-14-6-7-15-40(37)34-41)38-25-27-39(28-26-38)57-59-53-22-12-13-23-54(53)60(57)44-16-4-3-5-17-44;1-52(2)45-16-8-7-13-39(45)40-27-26-38(31-46(40)52)50-42-15-6-5-14-41(42)49(33-20-22-34(23-21-33)51-53-47-17-9-10-18-48(47)54-51)43-28-25-37(30-44(43)50)36-24-19-32-11-3-4-12-35(32)29-36/h3-36H,1-2H3;3-31H,1-2H3. The number of nitrogens with zero attached hydrogens (tertiary/aromatic N) is 3. The summed E-state index contributed by atoms with van der Waals surface area (Å²) in [5.74, 6) is 0.931. The Morgan fingerprint density at radius 2 is 0.605 bits per heavy atom. The summed E-state index contributed by atoms with van der Waals surface area (Å²) in [6, 6.07) is 141. The van der Waals surface area contributed by atoms with Crippen LogP contribution in [0.1, 0.15) is 49.9 Å². The summed E-state index contributed by atoms with van der Waals surface area (Å²) in [5, 5.41) is 16.1. The van der Waals surface area contributed by atoms with Crippen molar-refractivity contribution in [3.05, 3.63) is 404 Å². The van der Waals surface area contributed by atoms with Crippen molar-refractivity contribution >= 4 is 97.2 Å². The molecule has 0 bridgehead atoms. The van der Waals surface area contributed by atoms with E-state index >= 15 is 0 Å². The van der Waals surface area contributed by atoms with Gasteiger partial charge in [0.2, 0.25) is 0 Å². The first-order valence-corrected chi connectivity index (χ1v) is 40.4. The predicted octanol–water partition coefficient (Wildman–Crippen LogP) is 30.2. The van der Waals surface area contributed by atoms with Gasteiger partial charge in [-0.1, -0.05) is 337 Å². The zero-order valence-corrected chi connectivity index (χ0v) is 64.4. The van der Waals surface area contributed by atoms with Gasteiger partial charge in [0.1, 0.15) is 10.8 Å². The Bertz CT molecular complexity index is 7490. The molecule has 2 aliphatic rings. The molecule has 2 aromatic heterocycles. The molecule has 114 heavy (non-hydrogen) atoms. The second-order valence-electron chi connectivity index (χ2n) is 31.8. The number of aromatic nitrogens is 3. The average Bonchev–Trinajstić information content (AvgIpc) is 1.19. The number of hydrogen-bond acceptors (Lipinski definition) is 3. The second-order valence-corrected chi connectivity index (χ2v) is 32.9. The maximum absolute atomic E-state index is 5.18. The van der Waals surface area contributed by atoms with Gasteiger partial charge in [0, 0.05) is 27.6 Å². The number of thiazole rings is 1. The van der Waals surface area contributed by atoms with Crippen LogP contribution in [0.2, 0.25) is 0 Å². The van der Waals surface area contributed by atoms with Gasteiger partial charge in [-0.15, -0.1) is 11.3 Å². The number of fused-ring (bicyclic) bond motifs is 14. The molecule has 0 radical (unpaired) electrons. The lowest BCUT2D eigenvalue weighted by Crippen LogP contribution is -2.14. The number of hydrogen-bond donors (Lipinski definition) is 0. The lowest BCUT2D eigenvalue weighted by Gasteiger charge is -2.23. The summed E-state index contributed by atoms with van der Waals surface area (Å²) in [4.78, 5) is 10.1. The van der Waals surface area contributed by atoms with Crippen LogP contribution in [0.5, 0.6) is 0 Å². The minimum absolute atomic E-state index is 0.0885. The Balaban J connectivity index is 0.000000140. The van der Waals surface area contributed by atoms with Crippen LogP contribution in [0, 0.1) is 0 Å². The Morgan fingerprint density at radius 3 is 1.12 bits per heavy atom. The van der Waals surface area contributed by atoms with Crippen LogP contribution >= 0.6 is 11.3 Å². The molecule has 2 heterocycles. The third-order valence-electron chi connectivity index (χ3n) is 24.7. The summed E-state index contributed by atoms with van der Waals surface area (Å²) in [6.45, 7) is 9.49. The van der Waals surface area contributed by atoms with E-state index < -0.39 is 0 Å². The van der Waals surface area contributed by atoms with Gasteiger partial charge in [-0.3, -0.25) is 4.57 Å². The summed E-state index contributed by atoms with van der Waals surface area (Å²) in [6.07, 6.45) is 0. The largest absolute Gasteiger partial charge is 0.292 e. The summed E-state index contributed by atoms with van der Waals surface area (Å²) >= 11 is 1.75. The number of imidazole rings is 1. The third kappa shape index (κ3) is 10.8. The van der Waals surface area contributed by atoms with Crippen molar-refractivity contribution in [3.8, 4) is 117 Å². The maximum Gasteiger partial charge on any atom is 0.145 e. The Kier molecular flexibility index (Phi) is 15.5. The van der Waals surface area contributed by atoms with E-state index in [1.54, 1.807) is 11.3 Å². The Morgan fingerprint density at radius 1 is 0.237 bits per heavy atom. The van der Waals surface area contributed by atoms with Crippen LogP contribution < -0.4 is 0 Å². The molecule has 0 unspecified atom stereocenters. The van der Waals surface area contributed by atoms with E-state index in [-0.39, 0.29) is 10.8 Å². The highest BCUT2D eigenvalue weighted by Gasteiger charge is 2.37. The molecule has 0 saturated heterocycles. The smallest absolute Gasteiger partial charge is 0.145 e. The summed E-state index contributed by atoms with van der Waals surface area (Å²) in [7, 11) is 0. The predicted molar refractivity (Wildman–Crippen MR) is 484 cm³/mol. The summed E-state index contributed by atoms with van der Waals surface area (Å²) in [5.41, 5.74) is 32.0. The van der Waals surface area contributed by atoms with E-state index in [0.717, 1.165) is 44.2 Å². The molecule has 536 valence electrons. The molecule has 3 nitrogen and oxygen atoms in total. The lowest BCUT2D eigenvalue weighted by atomic mass is 9.80. The molecule has 23 rings (SSSR count). The molecule has 4 heteroatoms. The highest BCUT2D eigenvalue weighted by Crippen LogP contribution is 2.55. The molecular weight excluding hydrogens is 1400 g/mol. The fourth-order valence-corrected chi connectivity index (χ4v) is 20.0. The number of para-hydroxylation sites is 4. The van der Waals surface area contributed by atoms with Gasteiger partial charge in [0.05, 0.1) is 21.3 Å². The van der Waals surface area contributed by atoms with Gasteiger partial charge in [-0.25, -0.2) is 9.97 Å². The van der Waals surface area contributed by atoms with E-state index in [2.05, 4.69) is 414 Å². The van der Waals surface area contributed by atoms with Crippen LogP contribution in [0.25, 0.3) is 203 Å². The average molecular weight is 1470 g/mol. The SMILES string of the molecule is CC1(C)c2ccccc2-c2ccc(-c3c4ccccc4c(-c4ccc(-c5nc6ccccc6n5-c5ccccc5)cc4)c4ccc(-c5ccc6ccccc6c5)cc34)cc21.CC1(C)c2ccccc2-c2ccc(-c3c4ccccc4c(-c4ccc(-c5nc6ccccc6s5)cc4)c4ccc(-c5ccc6ccccc6c5)cc34)cc21. The fourth-order valence-electron chi connectivity index (χ4n) is 19.0. The minimum atomic E-state index is -0.105. The minimum Gasteiger partial charge on any atom is -0.292 e. The van der Waals surface area contributed by atoms with Crippen LogP contribution in [-0.4, -0.2) is 14.5 Å². The van der Waals surface area contributed by atoms with Gasteiger partial charge in [-0.05, 0) is 249 Å². The molecule has 0 atom stereocenters. The third-order valence-corrected chi connectivity index (χ3v) is 25.8. The Hall–Kier alpha value is -13.9. The summed E-state index contributed by atoms with van der Waals surface area (Å²) < 4.78 is 3.49. The van der Waals surface area contributed by atoms with Gasteiger partial charge >= 0.3 is 0 Å². The van der Waals surface area contributed by atoms with Crippen LogP contribution in [0.4, 0.5) is 0 Å². The maximum atomic E-state index is 5.18. The zero-order valence-electron chi connectivity index (χ0n) is 63.6. The molecule has 0 spiro atoms. The Labute approximate surface area is 666 Å². The van der Waals surface area contributed by atoms with Crippen LogP contribution in [0.15, 0.2) is 382 Å². The van der Waals surface area contributed by atoms with Crippen molar-refractivity contribution < 1.29 is 0 Å². The molecule has 19 aromatic carbocycles. The molecule has 2 aliphatic carbocycles. The molecule has 0 fully saturated rings. The van der Waals surface area contributed by atoms with E-state index in [1.165, 1.54) is 181 Å². The van der Waals surface area contributed by atoms with Crippen LogP contribution in [-0.2, 0) is 10.8 Å². The highest BCUT2D eigenvalue weighted by atomic mass is 32.1. The first-order chi connectivity index (χ1) is 56.0. The lowest BCUT2D eigenvalue weighted by molar-refractivity contribution is 0.660. The van der Waals surface area contributed by atoms with Crippen LogP contribution in [0.3, 0.4) is 0 Å². The van der Waals surface area contributed by atoms with Crippen molar-refractivity contribution in [3.63, 3.8) is 0 Å². The molecule has 0 aliphatic heterocycles. The van der Waals surface area contributed by atoms with Gasteiger partial charge in [0.15, 0.2) is 0 Å². The zero-order chi connectivity index (χ0) is 75.9. The molecule has 0 amide bonds. The van der Waals surface area contributed by atoms with Crippen molar-refractivity contribution in [2.75, 3.05) is 0 Å². The van der Waals surface area contributed by atoms with E-state index in [0.29, 0.717) is 0 Å². The monoisotopic (exact) mass is 1470 g/mol. The van der Waals surface area contributed by atoms with Gasteiger partial charge in [-0.2, -0.15) is 0 Å². The van der Waals surface area contributed by atoms with Crippen molar-refractivity contribution in [1.29, 1.82) is 0 Å². The molecule has 0 N–H and O–H groups in total. The first-order valence-electron chi connectivity index (χ1n) is 39.6. The number of benzene rings is 19. The number of rotatable bonds is 9. The fraction of sp³-hybridized carbons (Fsp3) is 0.0545. The molecule has 21 aromatic rings. The topological polar surface area (TPSA) is 30.7 Å². The molecule has 0 saturated carbocycles. The van der Waals surface area contributed by atoms with Crippen molar-refractivity contribution in [2.24, 2.45) is 0 Å². The second kappa shape index (κ2) is 26.4. The van der Waals surface area contributed by atoms with E-state index in [4.69, 9.17) is 9.97 Å². The van der Waals surface area contributed by atoms with Crippen molar-refractivity contribution in [2.45, 2.75) is 38.5 Å². The van der Waals surface area contributed by atoms with E-state index in [9.17, 15) is 0 Å².